The zero-order chi connectivity index (χ0) is 13.5. The zero-order valence-corrected chi connectivity index (χ0v) is 12.0. The van der Waals surface area contributed by atoms with Gasteiger partial charge in [0, 0.05) is 30.9 Å². The molecule has 1 N–H and O–H groups in total. The molecule has 0 aliphatic heterocycles. The molecular formula is C16H24N2O. The van der Waals surface area contributed by atoms with Crippen LogP contribution in [0.1, 0.15) is 43.8 Å². The maximum atomic E-state index is 5.43. The number of aromatic nitrogens is 1. The number of hydrogen-bond acceptors (Lipinski definition) is 2. The average Bonchev–Trinajstić information content (AvgIpc) is 3.05. The Hall–Kier alpha value is -1.48. The number of rotatable bonds is 8. The Morgan fingerprint density at radius 1 is 1.16 bits per heavy atom. The first-order chi connectivity index (χ1) is 9.35. The summed E-state index contributed by atoms with van der Waals surface area (Å²) in [6, 6.07) is 8.41. The van der Waals surface area contributed by atoms with Crippen LogP contribution in [-0.2, 0) is 19.5 Å². The van der Waals surface area contributed by atoms with Gasteiger partial charge >= 0.3 is 0 Å². The first-order valence-corrected chi connectivity index (χ1v) is 7.25. The van der Waals surface area contributed by atoms with Crippen LogP contribution in [0.25, 0.3) is 0 Å². The second kappa shape index (κ2) is 7.19. The van der Waals surface area contributed by atoms with Gasteiger partial charge in [0.25, 0.3) is 0 Å². The van der Waals surface area contributed by atoms with Gasteiger partial charge in [0.15, 0.2) is 0 Å². The Morgan fingerprint density at radius 3 is 2.68 bits per heavy atom. The highest BCUT2D eigenvalue weighted by Gasteiger charge is 2.08. The molecule has 0 spiro atoms. The molecule has 0 radical (unpaired) electrons. The fourth-order valence-corrected chi connectivity index (χ4v) is 2.38. The molecule has 0 unspecified atom stereocenters. The standard InChI is InChI=1S/C16H24N2O/c1-3-5-10-17-13-15-9-8-14(18(15)4-2)12-16-7-6-11-19-16/h6-9,11,17H,3-5,10,12-13H2,1-2H3. The minimum Gasteiger partial charge on any atom is -0.469 e. The minimum atomic E-state index is 0.871. The van der Waals surface area contributed by atoms with E-state index in [0.717, 1.165) is 31.8 Å². The van der Waals surface area contributed by atoms with Gasteiger partial charge in [-0.1, -0.05) is 13.3 Å². The van der Waals surface area contributed by atoms with Gasteiger partial charge < -0.3 is 14.3 Å². The van der Waals surface area contributed by atoms with Gasteiger partial charge in [-0.25, -0.2) is 0 Å². The van der Waals surface area contributed by atoms with Crippen molar-refractivity contribution >= 4 is 0 Å². The van der Waals surface area contributed by atoms with E-state index in [9.17, 15) is 0 Å². The van der Waals surface area contributed by atoms with Crippen LogP contribution in [0.4, 0.5) is 0 Å². The van der Waals surface area contributed by atoms with Crippen LogP contribution in [0.3, 0.4) is 0 Å². The molecule has 0 saturated carbocycles. The molecular weight excluding hydrogens is 236 g/mol. The summed E-state index contributed by atoms with van der Waals surface area (Å²) in [6.07, 6.45) is 5.09. The van der Waals surface area contributed by atoms with Crippen molar-refractivity contribution in [2.75, 3.05) is 6.54 Å². The van der Waals surface area contributed by atoms with E-state index in [4.69, 9.17) is 4.42 Å². The van der Waals surface area contributed by atoms with E-state index in [2.05, 4.69) is 35.9 Å². The van der Waals surface area contributed by atoms with Crippen LogP contribution in [0.5, 0.6) is 0 Å². The van der Waals surface area contributed by atoms with Crippen molar-refractivity contribution in [2.24, 2.45) is 0 Å². The highest BCUT2D eigenvalue weighted by atomic mass is 16.3. The zero-order valence-electron chi connectivity index (χ0n) is 12.0. The Balaban J connectivity index is 1.99. The Labute approximate surface area is 115 Å². The van der Waals surface area contributed by atoms with Gasteiger partial charge in [-0.2, -0.15) is 0 Å². The van der Waals surface area contributed by atoms with Crippen LogP contribution >= 0.6 is 0 Å². The van der Waals surface area contributed by atoms with Crippen LogP contribution in [-0.4, -0.2) is 11.1 Å². The van der Waals surface area contributed by atoms with E-state index in [1.807, 2.05) is 12.1 Å². The van der Waals surface area contributed by atoms with Crippen molar-refractivity contribution in [1.29, 1.82) is 0 Å². The molecule has 3 nitrogen and oxygen atoms in total. The summed E-state index contributed by atoms with van der Waals surface area (Å²) in [5.41, 5.74) is 2.69. The van der Waals surface area contributed by atoms with Gasteiger partial charge in [-0.3, -0.25) is 0 Å². The molecule has 0 saturated heterocycles. The summed E-state index contributed by atoms with van der Waals surface area (Å²) in [7, 11) is 0. The van der Waals surface area contributed by atoms with Crippen LogP contribution in [0.2, 0.25) is 0 Å². The fraction of sp³-hybridized carbons (Fsp3) is 0.500. The summed E-state index contributed by atoms with van der Waals surface area (Å²) in [5.74, 6) is 1.03. The Bertz CT molecular complexity index is 471. The average molecular weight is 260 g/mol. The highest BCUT2D eigenvalue weighted by Crippen LogP contribution is 2.14. The Morgan fingerprint density at radius 2 is 2.00 bits per heavy atom. The first kappa shape index (κ1) is 13.9. The number of nitrogens with one attached hydrogen (secondary N) is 1. The molecule has 19 heavy (non-hydrogen) atoms. The molecule has 104 valence electrons. The molecule has 0 atom stereocenters. The molecule has 2 aromatic heterocycles. The number of nitrogens with zero attached hydrogens (tertiary/aromatic N) is 1. The maximum Gasteiger partial charge on any atom is 0.109 e. The molecule has 0 bridgehead atoms. The predicted molar refractivity (Wildman–Crippen MR) is 78.2 cm³/mol. The second-order valence-electron chi connectivity index (χ2n) is 4.85. The van der Waals surface area contributed by atoms with Crippen LogP contribution < -0.4 is 5.32 Å². The predicted octanol–water partition coefficient (Wildman–Crippen LogP) is 3.58. The largest absolute Gasteiger partial charge is 0.469 e. The van der Waals surface area contributed by atoms with Gasteiger partial charge in [0.1, 0.15) is 5.76 Å². The smallest absolute Gasteiger partial charge is 0.109 e. The molecule has 0 fully saturated rings. The quantitative estimate of drug-likeness (QED) is 0.735. The maximum absolute atomic E-state index is 5.43. The van der Waals surface area contributed by atoms with Crippen molar-refractivity contribution < 1.29 is 4.42 Å². The molecule has 0 aliphatic rings. The number of furan rings is 1. The lowest BCUT2D eigenvalue weighted by Gasteiger charge is -2.11. The lowest BCUT2D eigenvalue weighted by molar-refractivity contribution is 0.512. The van der Waals surface area contributed by atoms with Gasteiger partial charge in [-0.05, 0) is 44.2 Å². The molecule has 0 amide bonds. The Kier molecular flexibility index (Phi) is 5.28. The van der Waals surface area contributed by atoms with Crippen LogP contribution in [0, 0.1) is 0 Å². The SMILES string of the molecule is CCCCNCc1ccc(Cc2ccco2)n1CC. The third-order valence-corrected chi connectivity index (χ3v) is 3.43. The van der Waals surface area contributed by atoms with Crippen molar-refractivity contribution in [3.05, 3.63) is 47.7 Å². The van der Waals surface area contributed by atoms with Crippen molar-refractivity contribution in [3.63, 3.8) is 0 Å². The van der Waals surface area contributed by atoms with Gasteiger partial charge in [0.05, 0.1) is 6.26 Å². The third kappa shape index (κ3) is 3.74. The van der Waals surface area contributed by atoms with Crippen molar-refractivity contribution in [3.8, 4) is 0 Å². The van der Waals surface area contributed by atoms with E-state index in [1.54, 1.807) is 6.26 Å². The normalized spacial score (nSPS) is 11.1. The van der Waals surface area contributed by atoms with E-state index < -0.39 is 0 Å². The molecule has 3 heteroatoms. The summed E-state index contributed by atoms with van der Waals surface area (Å²) in [6.45, 7) is 7.47. The summed E-state index contributed by atoms with van der Waals surface area (Å²) in [5, 5.41) is 3.51. The molecule has 0 aliphatic carbocycles. The summed E-state index contributed by atoms with van der Waals surface area (Å²) >= 11 is 0. The molecule has 2 aromatic rings. The minimum absolute atomic E-state index is 0.871. The topological polar surface area (TPSA) is 30.1 Å². The van der Waals surface area contributed by atoms with Crippen molar-refractivity contribution in [2.45, 2.75) is 46.2 Å². The monoisotopic (exact) mass is 260 g/mol. The molecule has 2 heterocycles. The number of hydrogen-bond donors (Lipinski definition) is 1. The lowest BCUT2D eigenvalue weighted by atomic mass is 10.2. The second-order valence-corrected chi connectivity index (χ2v) is 4.85. The lowest BCUT2D eigenvalue weighted by Crippen LogP contribution is -2.17. The fourth-order valence-electron chi connectivity index (χ4n) is 2.38. The molecule has 2 rings (SSSR count). The third-order valence-electron chi connectivity index (χ3n) is 3.43. The van der Waals surface area contributed by atoms with E-state index in [-0.39, 0.29) is 0 Å². The van der Waals surface area contributed by atoms with Crippen molar-refractivity contribution in [1.82, 2.24) is 9.88 Å². The summed E-state index contributed by atoms with van der Waals surface area (Å²) < 4.78 is 7.81. The van der Waals surface area contributed by atoms with E-state index in [1.165, 1.54) is 24.2 Å². The highest BCUT2D eigenvalue weighted by molar-refractivity contribution is 5.20. The first-order valence-electron chi connectivity index (χ1n) is 7.25. The van der Waals surface area contributed by atoms with E-state index in [0.29, 0.717) is 0 Å². The van der Waals surface area contributed by atoms with Gasteiger partial charge in [0.2, 0.25) is 0 Å². The summed E-state index contributed by atoms with van der Waals surface area (Å²) in [4.78, 5) is 0. The van der Waals surface area contributed by atoms with E-state index >= 15 is 0 Å². The number of unbranched alkanes of at least 4 members (excludes halogenated alkanes) is 1. The molecule has 0 aromatic carbocycles. The van der Waals surface area contributed by atoms with Crippen LogP contribution in [0.15, 0.2) is 34.9 Å². The van der Waals surface area contributed by atoms with Gasteiger partial charge in [-0.15, -0.1) is 0 Å².